The Morgan fingerprint density at radius 1 is 1.11 bits per heavy atom. The minimum atomic E-state index is -0.0713. The van der Waals surface area contributed by atoms with Crippen molar-refractivity contribution in [1.29, 1.82) is 0 Å². The van der Waals surface area contributed by atoms with E-state index in [1.54, 1.807) is 0 Å². The van der Waals surface area contributed by atoms with E-state index in [9.17, 15) is 0 Å². The predicted molar refractivity (Wildman–Crippen MR) is 81.3 cm³/mol. The second-order valence-corrected chi connectivity index (χ2v) is 5.21. The van der Waals surface area contributed by atoms with Crippen LogP contribution in [0.1, 0.15) is 23.7 Å². The zero-order valence-corrected chi connectivity index (χ0v) is 12.3. The van der Waals surface area contributed by atoms with Crippen LogP contribution >= 0.6 is 23.2 Å². The van der Waals surface area contributed by atoms with Crippen molar-refractivity contribution in [3.8, 4) is 5.75 Å². The Morgan fingerprint density at radius 3 is 2.53 bits per heavy atom. The topological polar surface area (TPSA) is 9.23 Å². The van der Waals surface area contributed by atoms with Crippen LogP contribution in [-0.4, -0.2) is 5.88 Å². The molecule has 0 aromatic heterocycles. The van der Waals surface area contributed by atoms with Gasteiger partial charge in [-0.1, -0.05) is 48.0 Å². The lowest BCUT2D eigenvalue weighted by molar-refractivity contribution is 0.202. The molecule has 0 aliphatic rings. The molecule has 2 aromatic rings. The zero-order valence-electron chi connectivity index (χ0n) is 10.8. The minimum Gasteiger partial charge on any atom is -0.484 e. The van der Waals surface area contributed by atoms with Gasteiger partial charge in [0.2, 0.25) is 0 Å². The number of ether oxygens (including phenoxy) is 1. The van der Waals surface area contributed by atoms with Crippen LogP contribution in [0.4, 0.5) is 0 Å². The third-order valence-corrected chi connectivity index (χ3v) is 3.43. The van der Waals surface area contributed by atoms with E-state index in [2.05, 4.69) is 0 Å². The molecule has 0 N–H and O–H groups in total. The first-order valence-corrected chi connectivity index (χ1v) is 7.15. The van der Waals surface area contributed by atoms with Gasteiger partial charge in [0.05, 0.1) is 5.02 Å². The molecule has 0 spiro atoms. The summed E-state index contributed by atoms with van der Waals surface area (Å²) in [6.07, 6.45) is 0.675. The number of rotatable bonds is 5. The Morgan fingerprint density at radius 2 is 1.84 bits per heavy atom. The van der Waals surface area contributed by atoms with Crippen molar-refractivity contribution in [2.75, 3.05) is 5.88 Å². The van der Waals surface area contributed by atoms with E-state index < -0.39 is 0 Å². The monoisotopic (exact) mass is 294 g/mol. The van der Waals surface area contributed by atoms with Crippen LogP contribution in [0.5, 0.6) is 5.75 Å². The van der Waals surface area contributed by atoms with Crippen molar-refractivity contribution in [3.05, 3.63) is 64.7 Å². The second-order valence-electron chi connectivity index (χ2n) is 4.43. The van der Waals surface area contributed by atoms with Gasteiger partial charge >= 0.3 is 0 Å². The standard InChI is InChI=1S/C16H16Cl2O/c1-12-7-8-14(18)16(11-12)19-15(9-10-17)13-5-3-2-4-6-13/h2-8,11,15H,9-10H2,1H3. The second kappa shape index (κ2) is 6.83. The van der Waals surface area contributed by atoms with E-state index in [0.29, 0.717) is 16.7 Å². The van der Waals surface area contributed by atoms with Crippen LogP contribution in [0.2, 0.25) is 5.02 Å². The van der Waals surface area contributed by atoms with Crippen LogP contribution in [0.25, 0.3) is 0 Å². The van der Waals surface area contributed by atoms with Gasteiger partial charge in [-0.05, 0) is 30.2 Å². The zero-order chi connectivity index (χ0) is 13.7. The Hall–Kier alpha value is -1.18. The van der Waals surface area contributed by atoms with Gasteiger partial charge in [-0.3, -0.25) is 0 Å². The lowest BCUT2D eigenvalue weighted by Crippen LogP contribution is -2.08. The van der Waals surface area contributed by atoms with Crippen molar-refractivity contribution < 1.29 is 4.74 Å². The van der Waals surface area contributed by atoms with Gasteiger partial charge in [0.1, 0.15) is 11.9 Å². The quantitative estimate of drug-likeness (QED) is 0.671. The van der Waals surface area contributed by atoms with Crippen LogP contribution in [0, 0.1) is 6.92 Å². The SMILES string of the molecule is Cc1ccc(Cl)c(OC(CCCl)c2ccccc2)c1. The molecule has 1 nitrogen and oxygen atoms in total. The van der Waals surface area contributed by atoms with E-state index in [1.807, 2.05) is 55.5 Å². The van der Waals surface area contributed by atoms with Crippen molar-refractivity contribution in [3.63, 3.8) is 0 Å². The van der Waals surface area contributed by atoms with Gasteiger partial charge < -0.3 is 4.74 Å². The Balaban J connectivity index is 2.24. The summed E-state index contributed by atoms with van der Waals surface area (Å²) in [6, 6.07) is 15.8. The maximum Gasteiger partial charge on any atom is 0.139 e. The molecule has 0 amide bonds. The van der Waals surface area contributed by atoms with Crippen LogP contribution < -0.4 is 4.74 Å². The van der Waals surface area contributed by atoms with Crippen LogP contribution in [0.15, 0.2) is 48.5 Å². The fourth-order valence-corrected chi connectivity index (χ4v) is 2.27. The summed E-state index contributed by atoms with van der Waals surface area (Å²) >= 11 is 12.0. The van der Waals surface area contributed by atoms with Crippen molar-refractivity contribution in [2.45, 2.75) is 19.4 Å². The average molecular weight is 295 g/mol. The molecule has 19 heavy (non-hydrogen) atoms. The highest BCUT2D eigenvalue weighted by Gasteiger charge is 2.14. The number of hydrogen-bond acceptors (Lipinski definition) is 1. The lowest BCUT2D eigenvalue weighted by Gasteiger charge is -2.19. The summed E-state index contributed by atoms with van der Waals surface area (Å²) in [5.41, 5.74) is 2.23. The Labute approximate surface area is 124 Å². The van der Waals surface area contributed by atoms with Crippen LogP contribution in [0.3, 0.4) is 0 Å². The van der Waals surface area contributed by atoms with E-state index in [0.717, 1.165) is 17.5 Å². The van der Waals surface area contributed by atoms with Crippen molar-refractivity contribution >= 4 is 23.2 Å². The van der Waals surface area contributed by atoms with E-state index in [4.69, 9.17) is 27.9 Å². The molecular formula is C16H16Cl2O. The number of hydrogen-bond donors (Lipinski definition) is 0. The first-order valence-electron chi connectivity index (χ1n) is 6.24. The van der Waals surface area contributed by atoms with Gasteiger partial charge in [0, 0.05) is 12.3 Å². The maximum absolute atomic E-state index is 6.17. The average Bonchev–Trinajstić information content (AvgIpc) is 2.43. The molecule has 100 valence electrons. The summed E-state index contributed by atoms with van der Waals surface area (Å²) in [6.45, 7) is 2.02. The molecule has 1 unspecified atom stereocenters. The first kappa shape index (κ1) is 14.2. The van der Waals surface area contributed by atoms with Crippen molar-refractivity contribution in [2.24, 2.45) is 0 Å². The molecule has 0 aliphatic carbocycles. The summed E-state index contributed by atoms with van der Waals surface area (Å²) < 4.78 is 6.04. The number of benzene rings is 2. The molecule has 0 saturated heterocycles. The lowest BCUT2D eigenvalue weighted by atomic mass is 10.1. The van der Waals surface area contributed by atoms with Gasteiger partial charge in [-0.15, -0.1) is 11.6 Å². The smallest absolute Gasteiger partial charge is 0.139 e. The van der Waals surface area contributed by atoms with Gasteiger partial charge in [0.15, 0.2) is 0 Å². The molecule has 0 aliphatic heterocycles. The number of aryl methyl sites for hydroxylation is 1. The molecule has 0 radical (unpaired) electrons. The van der Waals surface area contributed by atoms with Gasteiger partial charge in [0.25, 0.3) is 0 Å². The predicted octanol–water partition coefficient (Wildman–Crippen LogP) is 5.40. The molecule has 0 saturated carbocycles. The third kappa shape index (κ3) is 3.89. The summed E-state index contributed by atoms with van der Waals surface area (Å²) in [4.78, 5) is 0. The first-order chi connectivity index (χ1) is 9.20. The third-order valence-electron chi connectivity index (χ3n) is 2.90. The summed E-state index contributed by atoms with van der Waals surface area (Å²) in [7, 11) is 0. The molecule has 2 rings (SSSR count). The molecule has 2 aromatic carbocycles. The van der Waals surface area contributed by atoms with Gasteiger partial charge in [-0.2, -0.15) is 0 Å². The summed E-state index contributed by atoms with van der Waals surface area (Å²) in [5.74, 6) is 1.25. The highest BCUT2D eigenvalue weighted by molar-refractivity contribution is 6.32. The Bertz CT molecular complexity index is 526. The fraction of sp³-hybridized carbons (Fsp3) is 0.250. The van der Waals surface area contributed by atoms with Crippen LogP contribution in [-0.2, 0) is 0 Å². The normalized spacial score (nSPS) is 12.2. The molecule has 3 heteroatoms. The minimum absolute atomic E-state index is 0.0713. The molecule has 0 heterocycles. The Kier molecular flexibility index (Phi) is 5.12. The van der Waals surface area contributed by atoms with E-state index in [1.165, 1.54) is 0 Å². The van der Waals surface area contributed by atoms with E-state index in [-0.39, 0.29) is 6.10 Å². The molecule has 0 fully saturated rings. The number of alkyl halides is 1. The fourth-order valence-electron chi connectivity index (χ4n) is 1.91. The summed E-state index contributed by atoms with van der Waals surface area (Å²) in [5, 5.41) is 0.626. The number of halogens is 2. The highest BCUT2D eigenvalue weighted by atomic mass is 35.5. The van der Waals surface area contributed by atoms with E-state index >= 15 is 0 Å². The van der Waals surface area contributed by atoms with Gasteiger partial charge in [-0.25, -0.2) is 0 Å². The maximum atomic E-state index is 6.17. The van der Waals surface area contributed by atoms with Crippen molar-refractivity contribution in [1.82, 2.24) is 0 Å². The molecule has 1 atom stereocenters. The highest BCUT2D eigenvalue weighted by Crippen LogP contribution is 2.31. The molecular weight excluding hydrogens is 279 g/mol. The largest absolute Gasteiger partial charge is 0.484 e. The molecule has 0 bridgehead atoms.